The average Bonchev–Trinajstić information content (AvgIpc) is 2.97. The summed E-state index contributed by atoms with van der Waals surface area (Å²) in [7, 11) is 0. The van der Waals surface area contributed by atoms with Gasteiger partial charge in [0.25, 0.3) is 11.8 Å². The summed E-state index contributed by atoms with van der Waals surface area (Å²) in [5.74, 6) is -0.212. The Bertz CT molecular complexity index is 979. The molecule has 0 aliphatic heterocycles. The highest BCUT2D eigenvalue weighted by Gasteiger charge is 2.33. The lowest BCUT2D eigenvalue weighted by Crippen LogP contribution is -2.34. The lowest BCUT2D eigenvalue weighted by Gasteiger charge is -2.33. The number of thiocarbonyl (C=S) groups is 1. The van der Waals surface area contributed by atoms with Crippen molar-refractivity contribution in [3.05, 3.63) is 49.4 Å². The summed E-state index contributed by atoms with van der Waals surface area (Å²) in [5.41, 5.74) is 7.94. The molecule has 0 radical (unpaired) electrons. The number of amides is 2. The summed E-state index contributed by atoms with van der Waals surface area (Å²) < 4.78 is 0.962. The summed E-state index contributed by atoms with van der Waals surface area (Å²) in [6, 6.07) is 7.24. The van der Waals surface area contributed by atoms with Crippen molar-refractivity contribution in [1.29, 1.82) is 0 Å². The van der Waals surface area contributed by atoms with E-state index < -0.39 is 5.91 Å². The van der Waals surface area contributed by atoms with E-state index in [-0.39, 0.29) is 16.4 Å². The minimum atomic E-state index is -0.467. The highest BCUT2D eigenvalue weighted by atomic mass is 127. The number of anilines is 1. The van der Waals surface area contributed by atoms with Gasteiger partial charge in [-0.3, -0.25) is 14.9 Å². The van der Waals surface area contributed by atoms with Crippen LogP contribution in [0.15, 0.2) is 24.3 Å². The number of carbonyl (C=O) groups is 2. The maximum absolute atomic E-state index is 12.4. The fraction of sp³-hybridized carbons (Fsp3) is 0.381. The Morgan fingerprint density at radius 2 is 2.03 bits per heavy atom. The molecule has 0 saturated carbocycles. The number of primary amides is 1. The average molecular weight is 541 g/mol. The molecular formula is C21H24IN3O2S2. The van der Waals surface area contributed by atoms with E-state index in [2.05, 4.69) is 54.0 Å². The van der Waals surface area contributed by atoms with Crippen LogP contribution >= 0.6 is 46.1 Å². The van der Waals surface area contributed by atoms with Crippen molar-refractivity contribution >= 4 is 68.1 Å². The molecule has 0 saturated heterocycles. The number of hydrogen-bond acceptors (Lipinski definition) is 4. The second-order valence-electron chi connectivity index (χ2n) is 8.30. The van der Waals surface area contributed by atoms with Crippen LogP contribution in [0.1, 0.15) is 58.3 Å². The molecule has 2 aromatic rings. The van der Waals surface area contributed by atoms with E-state index in [9.17, 15) is 9.59 Å². The Hall–Kier alpha value is -1.52. The highest BCUT2D eigenvalue weighted by Crippen LogP contribution is 2.44. The number of thiophene rings is 1. The smallest absolute Gasteiger partial charge is 0.257 e. The van der Waals surface area contributed by atoms with Gasteiger partial charge in [-0.05, 0) is 89.2 Å². The van der Waals surface area contributed by atoms with Gasteiger partial charge in [0.1, 0.15) is 5.00 Å². The molecule has 0 bridgehead atoms. The van der Waals surface area contributed by atoms with E-state index in [1.54, 1.807) is 12.1 Å². The van der Waals surface area contributed by atoms with Gasteiger partial charge in [-0.1, -0.05) is 26.8 Å². The number of carbonyl (C=O) groups excluding carboxylic acids is 2. The summed E-state index contributed by atoms with van der Waals surface area (Å²) in [4.78, 5) is 25.8. The third kappa shape index (κ3) is 5.16. The maximum atomic E-state index is 12.4. The van der Waals surface area contributed by atoms with Gasteiger partial charge < -0.3 is 11.1 Å². The summed E-state index contributed by atoms with van der Waals surface area (Å²) >= 11 is 8.99. The van der Waals surface area contributed by atoms with Crippen molar-refractivity contribution in [2.75, 3.05) is 5.32 Å². The van der Waals surface area contributed by atoms with Crippen LogP contribution in [-0.2, 0) is 12.8 Å². The van der Waals surface area contributed by atoms with Gasteiger partial charge >= 0.3 is 0 Å². The van der Waals surface area contributed by atoms with Crippen LogP contribution < -0.4 is 16.4 Å². The zero-order valence-corrected chi connectivity index (χ0v) is 20.4. The van der Waals surface area contributed by atoms with Crippen LogP contribution in [0.5, 0.6) is 0 Å². The molecule has 1 heterocycles. The van der Waals surface area contributed by atoms with E-state index in [1.165, 1.54) is 16.2 Å². The molecule has 1 atom stereocenters. The topological polar surface area (TPSA) is 84.2 Å². The highest BCUT2D eigenvalue weighted by molar-refractivity contribution is 14.1. The molecule has 4 N–H and O–H groups in total. The number of nitrogens with two attached hydrogens (primary N) is 1. The molecule has 2 amide bonds. The van der Waals surface area contributed by atoms with Crippen molar-refractivity contribution < 1.29 is 9.59 Å². The Kier molecular flexibility index (Phi) is 6.64. The molecule has 5 nitrogen and oxygen atoms in total. The molecular weight excluding hydrogens is 517 g/mol. The van der Waals surface area contributed by atoms with E-state index in [0.29, 0.717) is 22.0 Å². The molecule has 1 aliphatic rings. The van der Waals surface area contributed by atoms with Gasteiger partial charge in [-0.25, -0.2) is 0 Å². The Labute approximate surface area is 194 Å². The van der Waals surface area contributed by atoms with Gasteiger partial charge in [0, 0.05) is 14.0 Å². The molecule has 29 heavy (non-hydrogen) atoms. The van der Waals surface area contributed by atoms with Crippen LogP contribution in [0, 0.1) is 14.9 Å². The number of rotatable bonds is 3. The SMILES string of the molecule is CC(C)(C)[C@H]1CCc2c(sc(NC(=S)NC(=O)c3cccc(I)c3)c2C(N)=O)C1. The van der Waals surface area contributed by atoms with Gasteiger partial charge in [0.05, 0.1) is 5.56 Å². The van der Waals surface area contributed by atoms with E-state index in [1.807, 2.05) is 12.1 Å². The number of halogens is 1. The first-order valence-electron chi connectivity index (χ1n) is 9.38. The largest absolute Gasteiger partial charge is 0.365 e. The van der Waals surface area contributed by atoms with Crippen molar-refractivity contribution in [1.82, 2.24) is 5.32 Å². The molecule has 1 aromatic carbocycles. The molecule has 0 fully saturated rings. The number of nitrogens with one attached hydrogen (secondary N) is 2. The minimum absolute atomic E-state index is 0.155. The molecule has 1 aliphatic carbocycles. The zero-order valence-electron chi connectivity index (χ0n) is 16.6. The van der Waals surface area contributed by atoms with Crippen LogP contribution in [0.3, 0.4) is 0 Å². The van der Waals surface area contributed by atoms with Crippen molar-refractivity contribution in [3.8, 4) is 0 Å². The molecule has 1 aromatic heterocycles. The van der Waals surface area contributed by atoms with Crippen LogP contribution in [0.25, 0.3) is 0 Å². The number of hydrogen-bond donors (Lipinski definition) is 3. The standard InChI is InChI=1S/C21H24IN3O2S2/c1-21(2,3)12-7-8-14-15(10-12)29-19(16(14)17(23)26)25-20(28)24-18(27)11-5-4-6-13(22)9-11/h4-6,9,12H,7-8,10H2,1-3H3,(H2,23,26)(H2,24,25,27,28)/t12-/m0/s1. The Balaban J connectivity index is 1.79. The zero-order chi connectivity index (χ0) is 21.3. The Morgan fingerprint density at radius 3 is 2.66 bits per heavy atom. The van der Waals surface area contributed by atoms with E-state index >= 15 is 0 Å². The summed E-state index contributed by atoms with van der Waals surface area (Å²) in [6.07, 6.45) is 2.78. The minimum Gasteiger partial charge on any atom is -0.365 e. The molecule has 3 rings (SSSR count). The lowest BCUT2D eigenvalue weighted by molar-refractivity contribution is 0.0975. The predicted octanol–water partition coefficient (Wildman–Crippen LogP) is 4.73. The van der Waals surface area contributed by atoms with E-state index in [0.717, 1.165) is 28.4 Å². The monoisotopic (exact) mass is 541 g/mol. The number of fused-ring (bicyclic) bond motifs is 1. The number of benzene rings is 1. The van der Waals surface area contributed by atoms with Gasteiger partial charge in [-0.2, -0.15) is 0 Å². The summed E-state index contributed by atoms with van der Waals surface area (Å²) in [5, 5.41) is 6.49. The Morgan fingerprint density at radius 1 is 1.31 bits per heavy atom. The first-order valence-corrected chi connectivity index (χ1v) is 11.7. The van der Waals surface area contributed by atoms with Crippen molar-refractivity contribution in [2.45, 2.75) is 40.0 Å². The quantitative estimate of drug-likeness (QED) is 0.388. The predicted molar refractivity (Wildman–Crippen MR) is 131 cm³/mol. The van der Waals surface area contributed by atoms with E-state index in [4.69, 9.17) is 18.0 Å². The third-order valence-corrected chi connectivity index (χ3v) is 7.32. The summed E-state index contributed by atoms with van der Waals surface area (Å²) in [6.45, 7) is 6.75. The fourth-order valence-electron chi connectivity index (χ4n) is 3.61. The van der Waals surface area contributed by atoms with Gasteiger partial charge in [-0.15, -0.1) is 11.3 Å². The molecule has 0 spiro atoms. The van der Waals surface area contributed by atoms with Crippen LogP contribution in [0.4, 0.5) is 5.00 Å². The van der Waals surface area contributed by atoms with Crippen LogP contribution in [0.2, 0.25) is 0 Å². The normalized spacial score (nSPS) is 16.1. The maximum Gasteiger partial charge on any atom is 0.257 e. The third-order valence-electron chi connectivity index (χ3n) is 5.28. The van der Waals surface area contributed by atoms with Gasteiger partial charge in [0.15, 0.2) is 5.11 Å². The molecule has 154 valence electrons. The fourth-order valence-corrected chi connectivity index (χ4v) is 5.75. The second kappa shape index (κ2) is 8.69. The first kappa shape index (κ1) is 22.2. The van der Waals surface area contributed by atoms with Crippen molar-refractivity contribution in [3.63, 3.8) is 0 Å². The first-order chi connectivity index (χ1) is 13.6. The van der Waals surface area contributed by atoms with Crippen molar-refractivity contribution in [2.24, 2.45) is 17.1 Å². The van der Waals surface area contributed by atoms with Gasteiger partial charge in [0.2, 0.25) is 0 Å². The lowest BCUT2D eigenvalue weighted by atomic mass is 9.72. The molecule has 8 heteroatoms. The van der Waals surface area contributed by atoms with Crippen LogP contribution in [-0.4, -0.2) is 16.9 Å². The second-order valence-corrected chi connectivity index (χ2v) is 11.1. The molecule has 0 unspecified atom stereocenters.